The molecule has 4 rings (SSSR count). The number of rotatable bonds is 5. The van der Waals surface area contributed by atoms with E-state index in [9.17, 15) is 4.79 Å². The van der Waals surface area contributed by atoms with Gasteiger partial charge in [-0.05, 0) is 37.3 Å². The van der Waals surface area contributed by atoms with Gasteiger partial charge in [-0.15, -0.1) is 0 Å². The first kappa shape index (κ1) is 13.5. The third-order valence-electron chi connectivity index (χ3n) is 4.42. The minimum atomic E-state index is -0.340. The molecule has 0 bridgehead atoms. The average molecular weight is 296 g/mol. The van der Waals surface area contributed by atoms with Gasteiger partial charge in [0.1, 0.15) is 0 Å². The van der Waals surface area contributed by atoms with E-state index in [1.54, 1.807) is 6.21 Å². The van der Waals surface area contributed by atoms with Crippen molar-refractivity contribution < 1.29 is 4.79 Å². The van der Waals surface area contributed by atoms with Crippen molar-refractivity contribution in [2.75, 3.05) is 13.1 Å². The minimum absolute atomic E-state index is 0.152. The molecular weight excluding hydrogens is 276 g/mol. The van der Waals surface area contributed by atoms with Gasteiger partial charge in [0.15, 0.2) is 6.04 Å². The maximum atomic E-state index is 13.0. The Balaban J connectivity index is 1.66. The van der Waals surface area contributed by atoms with Crippen LogP contribution in [0.15, 0.2) is 29.3 Å². The smallest absolute Gasteiger partial charge is 0.251 e. The zero-order valence-corrected chi connectivity index (χ0v) is 12.8. The van der Waals surface area contributed by atoms with Gasteiger partial charge < -0.3 is 4.90 Å². The summed E-state index contributed by atoms with van der Waals surface area (Å²) in [5.41, 5.74) is 1.88. The quantitative estimate of drug-likeness (QED) is 0.851. The van der Waals surface area contributed by atoms with Gasteiger partial charge in [0.2, 0.25) is 5.95 Å². The average Bonchev–Trinajstić information content (AvgIpc) is 3.13. The number of benzene rings is 1. The summed E-state index contributed by atoms with van der Waals surface area (Å²) in [6, 6.07) is 7.57. The largest absolute Gasteiger partial charge is 0.340 e. The van der Waals surface area contributed by atoms with Crippen LogP contribution < -0.4 is 0 Å². The molecule has 1 unspecified atom stereocenters. The van der Waals surface area contributed by atoms with Crippen LogP contribution in [0.25, 0.3) is 11.0 Å². The van der Waals surface area contributed by atoms with E-state index in [2.05, 4.69) is 16.9 Å². The fourth-order valence-electron chi connectivity index (χ4n) is 3.14. The van der Waals surface area contributed by atoms with Crippen LogP contribution in [0.5, 0.6) is 0 Å². The van der Waals surface area contributed by atoms with E-state index in [1.165, 1.54) is 12.8 Å². The van der Waals surface area contributed by atoms with Crippen LogP contribution in [-0.4, -0.2) is 39.7 Å². The summed E-state index contributed by atoms with van der Waals surface area (Å²) in [5, 5.41) is 0. The maximum Gasteiger partial charge on any atom is 0.251 e. The molecule has 1 aliphatic carbocycles. The zero-order valence-electron chi connectivity index (χ0n) is 12.8. The number of aromatic nitrogens is 2. The number of hydrogen-bond acceptors (Lipinski definition) is 3. The molecule has 0 saturated heterocycles. The van der Waals surface area contributed by atoms with E-state index in [-0.39, 0.29) is 11.9 Å². The summed E-state index contributed by atoms with van der Waals surface area (Å²) < 4.78 is 1.97. The lowest BCUT2D eigenvalue weighted by atomic mass is 10.2. The summed E-state index contributed by atoms with van der Waals surface area (Å²) in [6.45, 7) is 3.83. The second-order valence-corrected chi connectivity index (χ2v) is 6.22. The number of para-hydroxylation sites is 2. The molecule has 1 aliphatic heterocycles. The van der Waals surface area contributed by atoms with Crippen molar-refractivity contribution in [1.29, 1.82) is 0 Å². The topological polar surface area (TPSA) is 50.5 Å². The molecule has 1 amide bonds. The van der Waals surface area contributed by atoms with Crippen LogP contribution in [-0.2, 0) is 4.79 Å². The number of carbonyl (C=O) groups excluding carboxylic acids is 1. The molecule has 1 aromatic carbocycles. The Bertz CT molecular complexity index is 744. The Hall–Kier alpha value is -2.17. The van der Waals surface area contributed by atoms with E-state index >= 15 is 0 Å². The van der Waals surface area contributed by atoms with E-state index < -0.39 is 0 Å². The Morgan fingerprint density at radius 1 is 1.36 bits per heavy atom. The number of imidazole rings is 1. The molecule has 2 heterocycles. The molecule has 1 aromatic heterocycles. The number of fused-ring (bicyclic) bond motifs is 3. The van der Waals surface area contributed by atoms with Gasteiger partial charge in [0, 0.05) is 19.3 Å². The molecule has 0 N–H and O–H groups in total. The van der Waals surface area contributed by atoms with Gasteiger partial charge in [0.05, 0.1) is 11.0 Å². The lowest BCUT2D eigenvalue weighted by Crippen LogP contribution is -2.39. The van der Waals surface area contributed by atoms with Crippen molar-refractivity contribution in [1.82, 2.24) is 14.5 Å². The predicted octanol–water partition coefficient (Wildman–Crippen LogP) is 2.94. The van der Waals surface area contributed by atoms with Crippen LogP contribution in [0.1, 0.15) is 32.2 Å². The standard InChI is InChI=1S/C17H20N4O/c1-2-9-20(11-12-7-8-12)16(22)15-10-18-17-19-13-5-3-4-6-14(13)21(15)17/h3-6,10,12,15H,2,7-9,11H2,1H3. The maximum absolute atomic E-state index is 13.0. The van der Waals surface area contributed by atoms with Crippen molar-refractivity contribution in [3.63, 3.8) is 0 Å². The zero-order chi connectivity index (χ0) is 15.1. The molecule has 5 heteroatoms. The van der Waals surface area contributed by atoms with Crippen molar-refractivity contribution in [2.45, 2.75) is 32.2 Å². The molecular formula is C17H20N4O. The Kier molecular flexibility index (Phi) is 3.21. The van der Waals surface area contributed by atoms with Crippen LogP contribution in [0, 0.1) is 5.92 Å². The van der Waals surface area contributed by atoms with E-state index in [0.29, 0.717) is 11.9 Å². The third kappa shape index (κ3) is 2.21. The Morgan fingerprint density at radius 3 is 2.95 bits per heavy atom. The molecule has 114 valence electrons. The van der Waals surface area contributed by atoms with Gasteiger partial charge in [-0.1, -0.05) is 19.1 Å². The number of aliphatic imine (C=N–C) groups is 1. The summed E-state index contributed by atoms with van der Waals surface area (Å²) >= 11 is 0. The first-order valence-corrected chi connectivity index (χ1v) is 8.08. The number of nitrogens with zero attached hydrogens (tertiary/aromatic N) is 4. The third-order valence-corrected chi connectivity index (χ3v) is 4.42. The molecule has 0 spiro atoms. The lowest BCUT2D eigenvalue weighted by Gasteiger charge is -2.25. The first-order valence-electron chi connectivity index (χ1n) is 8.08. The fraction of sp³-hybridized carbons (Fsp3) is 0.471. The SMILES string of the molecule is CCCN(CC1CC1)C(=O)C1C=Nc2nc3ccccc3n21. The molecule has 2 aromatic rings. The minimum Gasteiger partial charge on any atom is -0.340 e. The molecule has 22 heavy (non-hydrogen) atoms. The van der Waals surface area contributed by atoms with Crippen molar-refractivity contribution >= 4 is 29.1 Å². The van der Waals surface area contributed by atoms with Gasteiger partial charge in [-0.2, -0.15) is 0 Å². The van der Waals surface area contributed by atoms with Crippen LogP contribution in [0.2, 0.25) is 0 Å². The van der Waals surface area contributed by atoms with Gasteiger partial charge in [-0.3, -0.25) is 9.36 Å². The highest BCUT2D eigenvalue weighted by atomic mass is 16.2. The molecule has 2 aliphatic rings. The summed E-state index contributed by atoms with van der Waals surface area (Å²) in [7, 11) is 0. The summed E-state index contributed by atoms with van der Waals surface area (Å²) in [4.78, 5) is 23.9. The fourth-order valence-corrected chi connectivity index (χ4v) is 3.14. The van der Waals surface area contributed by atoms with E-state index in [4.69, 9.17) is 0 Å². The number of hydrogen-bond donors (Lipinski definition) is 0. The molecule has 5 nitrogen and oxygen atoms in total. The first-order chi connectivity index (χ1) is 10.8. The highest BCUT2D eigenvalue weighted by Crippen LogP contribution is 2.33. The van der Waals surface area contributed by atoms with E-state index in [1.807, 2.05) is 33.7 Å². The molecule has 1 atom stereocenters. The van der Waals surface area contributed by atoms with Crippen LogP contribution in [0.4, 0.5) is 5.95 Å². The van der Waals surface area contributed by atoms with Crippen LogP contribution >= 0.6 is 0 Å². The summed E-state index contributed by atoms with van der Waals surface area (Å²) in [6.07, 6.45) is 5.24. The lowest BCUT2D eigenvalue weighted by molar-refractivity contribution is -0.132. The monoisotopic (exact) mass is 296 g/mol. The second-order valence-electron chi connectivity index (χ2n) is 6.22. The molecule has 1 saturated carbocycles. The number of amides is 1. The van der Waals surface area contributed by atoms with Crippen molar-refractivity contribution in [2.24, 2.45) is 10.9 Å². The van der Waals surface area contributed by atoms with Gasteiger partial charge in [-0.25, -0.2) is 9.98 Å². The second kappa shape index (κ2) is 5.23. The highest BCUT2D eigenvalue weighted by molar-refractivity contribution is 6.00. The number of carbonyl (C=O) groups is 1. The van der Waals surface area contributed by atoms with Gasteiger partial charge >= 0.3 is 0 Å². The van der Waals surface area contributed by atoms with Crippen LogP contribution in [0.3, 0.4) is 0 Å². The Labute approximate surface area is 129 Å². The molecule has 0 radical (unpaired) electrons. The van der Waals surface area contributed by atoms with Gasteiger partial charge in [0.25, 0.3) is 5.91 Å². The Morgan fingerprint density at radius 2 is 2.18 bits per heavy atom. The van der Waals surface area contributed by atoms with E-state index in [0.717, 1.165) is 30.5 Å². The predicted molar refractivity (Wildman–Crippen MR) is 86.5 cm³/mol. The van der Waals surface area contributed by atoms with Crippen molar-refractivity contribution in [3.05, 3.63) is 24.3 Å². The summed E-state index contributed by atoms with van der Waals surface area (Å²) in [5.74, 6) is 1.50. The highest BCUT2D eigenvalue weighted by Gasteiger charge is 2.33. The normalized spacial score (nSPS) is 19.6. The molecule has 1 fully saturated rings. The van der Waals surface area contributed by atoms with Crippen molar-refractivity contribution in [3.8, 4) is 0 Å².